The Bertz CT molecular complexity index is 394. The van der Waals surface area contributed by atoms with Gasteiger partial charge in [0.25, 0.3) is 0 Å². The monoisotopic (exact) mass is 264 g/mol. The van der Waals surface area contributed by atoms with Crippen LogP contribution in [-0.2, 0) is 11.3 Å². The Balaban J connectivity index is 1.60. The molecule has 0 aliphatic carbocycles. The highest BCUT2D eigenvalue weighted by Gasteiger charge is 2.26. The minimum absolute atomic E-state index is 0.0589. The SMILES string of the molecule is NC(c1cncn1CCN1CCCC1)C1CCOC1. The normalized spacial score (nSPS) is 26.1. The van der Waals surface area contributed by atoms with Crippen molar-refractivity contribution in [3.8, 4) is 0 Å². The number of aromatic nitrogens is 2. The van der Waals surface area contributed by atoms with Gasteiger partial charge < -0.3 is 19.9 Å². The van der Waals surface area contributed by atoms with Crippen LogP contribution in [0.5, 0.6) is 0 Å². The van der Waals surface area contributed by atoms with E-state index in [1.165, 1.54) is 25.9 Å². The predicted molar refractivity (Wildman–Crippen MR) is 73.8 cm³/mol. The van der Waals surface area contributed by atoms with Gasteiger partial charge in [0.2, 0.25) is 0 Å². The molecule has 2 fully saturated rings. The van der Waals surface area contributed by atoms with Crippen LogP contribution in [0.4, 0.5) is 0 Å². The van der Waals surface area contributed by atoms with Gasteiger partial charge in [0.1, 0.15) is 0 Å². The highest BCUT2D eigenvalue weighted by Crippen LogP contribution is 2.26. The molecule has 5 nitrogen and oxygen atoms in total. The van der Waals surface area contributed by atoms with Gasteiger partial charge in [0.05, 0.1) is 24.7 Å². The van der Waals surface area contributed by atoms with Crippen molar-refractivity contribution in [2.75, 3.05) is 32.8 Å². The van der Waals surface area contributed by atoms with Crippen LogP contribution in [0, 0.1) is 5.92 Å². The Morgan fingerprint density at radius 3 is 2.95 bits per heavy atom. The minimum atomic E-state index is 0.0589. The third-order valence-electron chi connectivity index (χ3n) is 4.41. The molecule has 2 aliphatic rings. The van der Waals surface area contributed by atoms with Crippen LogP contribution in [0.25, 0.3) is 0 Å². The first kappa shape index (κ1) is 13.1. The Morgan fingerprint density at radius 1 is 1.37 bits per heavy atom. The number of imidazole rings is 1. The van der Waals surface area contributed by atoms with Crippen molar-refractivity contribution in [1.82, 2.24) is 14.5 Å². The van der Waals surface area contributed by atoms with Crippen LogP contribution in [0.15, 0.2) is 12.5 Å². The number of hydrogen-bond acceptors (Lipinski definition) is 4. The van der Waals surface area contributed by atoms with Crippen molar-refractivity contribution in [3.63, 3.8) is 0 Å². The molecular weight excluding hydrogens is 240 g/mol. The molecule has 2 aliphatic heterocycles. The zero-order valence-electron chi connectivity index (χ0n) is 11.5. The van der Waals surface area contributed by atoms with Crippen molar-refractivity contribution in [1.29, 1.82) is 0 Å². The van der Waals surface area contributed by atoms with Crippen LogP contribution < -0.4 is 5.73 Å². The van der Waals surface area contributed by atoms with Crippen LogP contribution in [0.3, 0.4) is 0 Å². The average molecular weight is 264 g/mol. The van der Waals surface area contributed by atoms with Crippen LogP contribution in [0.1, 0.15) is 31.0 Å². The second-order valence-corrected chi connectivity index (χ2v) is 5.71. The van der Waals surface area contributed by atoms with Gasteiger partial charge in [-0.2, -0.15) is 0 Å². The highest BCUT2D eigenvalue weighted by molar-refractivity contribution is 5.07. The Kier molecular flexibility index (Phi) is 4.15. The standard InChI is InChI=1S/C14H24N4O/c15-14(12-3-8-19-10-12)13-9-16-11-18(13)7-6-17-4-1-2-5-17/h9,11-12,14H,1-8,10,15H2. The molecule has 2 atom stereocenters. The minimum Gasteiger partial charge on any atom is -0.381 e. The van der Waals surface area contributed by atoms with Gasteiger partial charge in [0.15, 0.2) is 0 Å². The molecular formula is C14H24N4O. The van der Waals surface area contributed by atoms with Crippen LogP contribution in [-0.4, -0.2) is 47.3 Å². The Hall–Kier alpha value is -0.910. The zero-order valence-corrected chi connectivity index (χ0v) is 11.5. The summed E-state index contributed by atoms with van der Waals surface area (Å²) < 4.78 is 7.66. The largest absolute Gasteiger partial charge is 0.381 e. The summed E-state index contributed by atoms with van der Waals surface area (Å²) >= 11 is 0. The molecule has 2 N–H and O–H groups in total. The zero-order chi connectivity index (χ0) is 13.1. The maximum absolute atomic E-state index is 6.37. The molecule has 0 saturated carbocycles. The molecule has 3 heterocycles. The molecule has 106 valence electrons. The van der Waals surface area contributed by atoms with Crippen molar-refractivity contribution in [2.24, 2.45) is 11.7 Å². The summed E-state index contributed by atoms with van der Waals surface area (Å²) in [7, 11) is 0. The van der Waals surface area contributed by atoms with Gasteiger partial charge in [0, 0.05) is 31.8 Å². The maximum atomic E-state index is 6.37. The molecule has 1 aromatic heterocycles. The number of hydrogen-bond donors (Lipinski definition) is 1. The van der Waals surface area contributed by atoms with E-state index in [-0.39, 0.29) is 6.04 Å². The highest BCUT2D eigenvalue weighted by atomic mass is 16.5. The fraction of sp³-hybridized carbons (Fsp3) is 0.786. The molecule has 2 saturated heterocycles. The van der Waals surface area contributed by atoms with E-state index in [0.29, 0.717) is 5.92 Å². The van der Waals surface area contributed by atoms with Gasteiger partial charge in [-0.25, -0.2) is 4.98 Å². The van der Waals surface area contributed by atoms with Gasteiger partial charge in [-0.3, -0.25) is 0 Å². The topological polar surface area (TPSA) is 56.3 Å². The second kappa shape index (κ2) is 6.03. The molecule has 3 rings (SSSR count). The molecule has 0 bridgehead atoms. The molecule has 1 aromatic rings. The lowest BCUT2D eigenvalue weighted by Gasteiger charge is -2.21. The summed E-state index contributed by atoms with van der Waals surface area (Å²) in [6, 6.07) is 0.0589. The number of rotatable bonds is 5. The van der Waals surface area contributed by atoms with E-state index in [2.05, 4.69) is 14.5 Å². The van der Waals surface area contributed by atoms with Crippen LogP contribution >= 0.6 is 0 Å². The van der Waals surface area contributed by atoms with Gasteiger partial charge in [-0.1, -0.05) is 0 Å². The number of nitrogens with two attached hydrogens (primary N) is 1. The van der Waals surface area contributed by atoms with E-state index in [1.807, 2.05) is 12.5 Å². The van der Waals surface area contributed by atoms with Crippen molar-refractivity contribution < 1.29 is 4.74 Å². The van der Waals surface area contributed by atoms with Crippen molar-refractivity contribution >= 4 is 0 Å². The molecule has 2 unspecified atom stereocenters. The number of ether oxygens (including phenoxy) is 1. The molecule has 0 amide bonds. The number of likely N-dealkylation sites (tertiary alicyclic amines) is 1. The third-order valence-corrected chi connectivity index (χ3v) is 4.41. The van der Waals surface area contributed by atoms with Crippen molar-refractivity contribution in [2.45, 2.75) is 31.8 Å². The van der Waals surface area contributed by atoms with Crippen LogP contribution in [0.2, 0.25) is 0 Å². The Morgan fingerprint density at radius 2 is 2.21 bits per heavy atom. The van der Waals surface area contributed by atoms with Gasteiger partial charge >= 0.3 is 0 Å². The number of nitrogens with zero attached hydrogens (tertiary/aromatic N) is 3. The van der Waals surface area contributed by atoms with E-state index in [0.717, 1.165) is 38.4 Å². The molecule has 0 spiro atoms. The van der Waals surface area contributed by atoms with E-state index in [4.69, 9.17) is 10.5 Å². The quantitative estimate of drug-likeness (QED) is 0.862. The first-order valence-electron chi connectivity index (χ1n) is 7.40. The second-order valence-electron chi connectivity index (χ2n) is 5.71. The smallest absolute Gasteiger partial charge is 0.0949 e. The summed E-state index contributed by atoms with van der Waals surface area (Å²) in [5.41, 5.74) is 7.54. The summed E-state index contributed by atoms with van der Waals surface area (Å²) in [4.78, 5) is 6.81. The van der Waals surface area contributed by atoms with Gasteiger partial charge in [-0.15, -0.1) is 0 Å². The summed E-state index contributed by atoms with van der Waals surface area (Å²) in [6.45, 7) is 6.23. The Labute approximate surface area is 114 Å². The summed E-state index contributed by atoms with van der Waals surface area (Å²) in [5.74, 6) is 0.447. The van der Waals surface area contributed by atoms with E-state index >= 15 is 0 Å². The fourth-order valence-electron chi connectivity index (χ4n) is 3.13. The lowest BCUT2D eigenvalue weighted by molar-refractivity contribution is 0.180. The van der Waals surface area contributed by atoms with E-state index in [9.17, 15) is 0 Å². The molecule has 0 aromatic carbocycles. The third kappa shape index (κ3) is 2.99. The molecule has 19 heavy (non-hydrogen) atoms. The summed E-state index contributed by atoms with van der Waals surface area (Å²) in [6.07, 6.45) is 7.60. The lowest BCUT2D eigenvalue weighted by atomic mass is 9.97. The van der Waals surface area contributed by atoms with Gasteiger partial charge in [-0.05, 0) is 32.4 Å². The van der Waals surface area contributed by atoms with Crippen molar-refractivity contribution in [3.05, 3.63) is 18.2 Å². The first-order chi connectivity index (χ1) is 9.34. The lowest BCUT2D eigenvalue weighted by Crippen LogP contribution is -2.28. The first-order valence-corrected chi connectivity index (χ1v) is 7.40. The fourth-order valence-corrected chi connectivity index (χ4v) is 3.13. The predicted octanol–water partition coefficient (Wildman–Crippen LogP) is 1.02. The molecule has 5 heteroatoms. The molecule has 0 radical (unpaired) electrons. The van der Waals surface area contributed by atoms with E-state index < -0.39 is 0 Å². The summed E-state index contributed by atoms with van der Waals surface area (Å²) in [5, 5.41) is 0. The maximum Gasteiger partial charge on any atom is 0.0949 e. The average Bonchev–Trinajstić information content (AvgIpc) is 3.16. The van der Waals surface area contributed by atoms with E-state index in [1.54, 1.807) is 0 Å².